The maximum absolute atomic E-state index is 13.9. The van der Waals surface area contributed by atoms with Gasteiger partial charge in [-0.05, 0) is 30.7 Å². The van der Waals surface area contributed by atoms with Gasteiger partial charge in [0.2, 0.25) is 5.95 Å². The number of ether oxygens (including phenoxy) is 1. The molecule has 28 heavy (non-hydrogen) atoms. The molecule has 1 aliphatic rings. The fraction of sp³-hybridized carbons (Fsp3) is 0.350. The normalized spacial score (nSPS) is 19.6. The number of anilines is 1. The molecule has 2 N–H and O–H groups in total. The average Bonchev–Trinajstić information content (AvgIpc) is 3.09. The van der Waals surface area contributed by atoms with Crippen molar-refractivity contribution < 1.29 is 9.13 Å². The predicted molar refractivity (Wildman–Crippen MR) is 104 cm³/mol. The molecular formula is C20H21FN6O. The number of nitrogens with two attached hydrogens (primary N) is 1. The Bertz CT molecular complexity index is 1030. The molecule has 0 unspecified atom stereocenters. The van der Waals surface area contributed by atoms with Crippen LogP contribution in [0, 0.1) is 11.3 Å². The molecule has 0 spiro atoms. The second-order valence-corrected chi connectivity index (χ2v) is 6.89. The number of methoxy groups -OCH3 is 1. The Hall–Kier alpha value is -3.18. The summed E-state index contributed by atoms with van der Waals surface area (Å²) in [6, 6.07) is 10.8. The number of aromatic nitrogens is 3. The van der Waals surface area contributed by atoms with Crippen molar-refractivity contribution in [2.24, 2.45) is 5.73 Å². The van der Waals surface area contributed by atoms with E-state index < -0.39 is 12.2 Å². The van der Waals surface area contributed by atoms with Crippen LogP contribution in [0.1, 0.15) is 17.7 Å². The fourth-order valence-corrected chi connectivity index (χ4v) is 3.55. The number of hydrogen-bond acceptors (Lipinski definition) is 6. The number of fused-ring (bicyclic) bond motifs is 1. The highest BCUT2D eigenvalue weighted by molar-refractivity contribution is 5.85. The second kappa shape index (κ2) is 7.44. The zero-order chi connectivity index (χ0) is 19.7. The van der Waals surface area contributed by atoms with Gasteiger partial charge in [-0.25, -0.2) is 9.37 Å². The highest BCUT2D eigenvalue weighted by Gasteiger charge is 2.29. The number of hydrogen-bond donors (Lipinski definition) is 1. The van der Waals surface area contributed by atoms with Crippen molar-refractivity contribution >= 4 is 17.0 Å². The van der Waals surface area contributed by atoms with Gasteiger partial charge in [0.1, 0.15) is 23.5 Å². The molecule has 0 aliphatic carbocycles. The molecule has 1 aliphatic heterocycles. The van der Waals surface area contributed by atoms with Gasteiger partial charge in [-0.2, -0.15) is 5.26 Å². The summed E-state index contributed by atoms with van der Waals surface area (Å²) in [5, 5.41) is 8.98. The van der Waals surface area contributed by atoms with Gasteiger partial charge in [-0.15, -0.1) is 0 Å². The molecule has 2 atom stereocenters. The summed E-state index contributed by atoms with van der Waals surface area (Å²) >= 11 is 0. The van der Waals surface area contributed by atoms with Gasteiger partial charge >= 0.3 is 0 Å². The molecule has 0 bridgehead atoms. The van der Waals surface area contributed by atoms with E-state index in [4.69, 9.17) is 20.7 Å². The first-order valence-corrected chi connectivity index (χ1v) is 9.13. The Kier molecular flexibility index (Phi) is 4.84. The number of piperidine rings is 1. The molecule has 1 saturated heterocycles. The molecule has 0 radical (unpaired) electrons. The summed E-state index contributed by atoms with van der Waals surface area (Å²) in [5.41, 5.74) is 8.92. The summed E-state index contributed by atoms with van der Waals surface area (Å²) in [5.74, 6) is 1.39. The van der Waals surface area contributed by atoms with E-state index >= 15 is 0 Å². The largest absolute Gasteiger partial charge is 0.494 e. The van der Waals surface area contributed by atoms with Gasteiger partial charge < -0.3 is 19.9 Å². The first-order chi connectivity index (χ1) is 13.6. The van der Waals surface area contributed by atoms with Crippen molar-refractivity contribution in [3.63, 3.8) is 0 Å². The third-order valence-electron chi connectivity index (χ3n) is 5.07. The van der Waals surface area contributed by atoms with Crippen LogP contribution in [0.4, 0.5) is 10.3 Å². The molecule has 3 aromatic rings. The number of pyridine rings is 1. The number of alkyl halides is 1. The Morgan fingerprint density at radius 3 is 2.89 bits per heavy atom. The third-order valence-corrected chi connectivity index (χ3v) is 5.07. The predicted octanol–water partition coefficient (Wildman–Crippen LogP) is 2.24. The molecule has 3 heterocycles. The van der Waals surface area contributed by atoms with E-state index in [0.29, 0.717) is 43.3 Å². The molecule has 8 heteroatoms. The van der Waals surface area contributed by atoms with Crippen LogP contribution in [-0.4, -0.2) is 46.9 Å². The monoisotopic (exact) mass is 380 g/mol. The first kappa shape index (κ1) is 18.2. The quantitative estimate of drug-likeness (QED) is 0.746. The van der Waals surface area contributed by atoms with Crippen LogP contribution in [0.3, 0.4) is 0 Å². The molecular weight excluding hydrogens is 359 g/mol. The van der Waals surface area contributed by atoms with Crippen LogP contribution in [0.5, 0.6) is 5.75 Å². The van der Waals surface area contributed by atoms with Gasteiger partial charge in [-0.3, -0.25) is 4.98 Å². The van der Waals surface area contributed by atoms with Crippen molar-refractivity contribution in [1.82, 2.24) is 14.5 Å². The lowest BCUT2D eigenvalue weighted by Gasteiger charge is -2.34. The lowest BCUT2D eigenvalue weighted by molar-refractivity contribution is 0.243. The average molecular weight is 380 g/mol. The lowest BCUT2D eigenvalue weighted by Crippen LogP contribution is -2.50. The fourth-order valence-electron chi connectivity index (χ4n) is 3.55. The number of para-hydroxylation sites is 1. The Morgan fingerprint density at radius 1 is 1.36 bits per heavy atom. The molecule has 1 fully saturated rings. The summed E-state index contributed by atoms with van der Waals surface area (Å²) in [4.78, 5) is 11.2. The van der Waals surface area contributed by atoms with Crippen LogP contribution in [0.15, 0.2) is 36.5 Å². The molecule has 4 rings (SSSR count). The number of nitriles is 1. The van der Waals surface area contributed by atoms with Gasteiger partial charge in [0.25, 0.3) is 0 Å². The summed E-state index contributed by atoms with van der Waals surface area (Å²) < 4.78 is 21.4. The van der Waals surface area contributed by atoms with E-state index in [9.17, 15) is 4.39 Å². The van der Waals surface area contributed by atoms with Crippen LogP contribution < -0.4 is 15.4 Å². The topological polar surface area (TPSA) is 93.0 Å². The minimum Gasteiger partial charge on any atom is -0.494 e. The lowest BCUT2D eigenvalue weighted by atomic mass is 10.1. The van der Waals surface area contributed by atoms with E-state index in [1.807, 2.05) is 33.7 Å². The smallest absolute Gasteiger partial charge is 0.207 e. The number of imidazole rings is 1. The maximum Gasteiger partial charge on any atom is 0.207 e. The van der Waals surface area contributed by atoms with Crippen LogP contribution >= 0.6 is 0 Å². The van der Waals surface area contributed by atoms with Crippen molar-refractivity contribution in [2.45, 2.75) is 25.2 Å². The molecule has 1 aromatic carbocycles. The minimum absolute atomic E-state index is 0.372. The summed E-state index contributed by atoms with van der Waals surface area (Å²) in [6.45, 7) is 1.41. The van der Waals surface area contributed by atoms with E-state index in [0.717, 1.165) is 16.7 Å². The zero-order valence-electron chi connectivity index (χ0n) is 15.5. The van der Waals surface area contributed by atoms with Crippen LogP contribution in [0.25, 0.3) is 11.0 Å². The molecule has 2 aromatic heterocycles. The molecule has 0 saturated carbocycles. The minimum atomic E-state index is -0.996. The van der Waals surface area contributed by atoms with Crippen LogP contribution in [0.2, 0.25) is 0 Å². The van der Waals surface area contributed by atoms with E-state index in [1.54, 1.807) is 19.4 Å². The Balaban J connectivity index is 1.78. The van der Waals surface area contributed by atoms with E-state index in [-0.39, 0.29) is 0 Å². The number of nitrogens with zero attached hydrogens (tertiary/aromatic N) is 5. The van der Waals surface area contributed by atoms with Crippen molar-refractivity contribution in [3.05, 3.63) is 47.8 Å². The Labute approximate surface area is 162 Å². The molecule has 7 nitrogen and oxygen atoms in total. The van der Waals surface area contributed by atoms with Gasteiger partial charge in [0, 0.05) is 19.3 Å². The molecule has 0 amide bonds. The maximum atomic E-state index is 13.9. The highest BCUT2D eigenvalue weighted by atomic mass is 19.1. The summed E-state index contributed by atoms with van der Waals surface area (Å²) in [7, 11) is 1.61. The molecule has 144 valence electrons. The van der Waals surface area contributed by atoms with Gasteiger partial charge in [0.15, 0.2) is 0 Å². The van der Waals surface area contributed by atoms with E-state index in [1.165, 1.54) is 0 Å². The zero-order valence-corrected chi connectivity index (χ0v) is 15.5. The van der Waals surface area contributed by atoms with Crippen molar-refractivity contribution in [2.75, 3.05) is 25.1 Å². The SMILES string of the molecule is COc1cccc2c1nc(N1CC[C@@H](F)[C@H](N)C1)n2Cc1ccc(C#N)cn1. The standard InChI is InChI=1S/C20H21FN6O/c1-28-18-4-2-3-17-19(18)25-20(26-8-7-15(21)16(23)12-26)27(17)11-14-6-5-13(9-22)10-24-14/h2-6,10,15-16H,7-8,11-12,23H2,1H3/t15-,16-/m1/s1. The highest BCUT2D eigenvalue weighted by Crippen LogP contribution is 2.31. The van der Waals surface area contributed by atoms with Gasteiger partial charge in [-0.1, -0.05) is 6.07 Å². The third kappa shape index (κ3) is 3.25. The first-order valence-electron chi connectivity index (χ1n) is 9.13. The Morgan fingerprint density at radius 2 is 2.21 bits per heavy atom. The van der Waals surface area contributed by atoms with Crippen LogP contribution in [-0.2, 0) is 6.54 Å². The van der Waals surface area contributed by atoms with E-state index in [2.05, 4.69) is 11.1 Å². The second-order valence-electron chi connectivity index (χ2n) is 6.89. The van der Waals surface area contributed by atoms with Crippen molar-refractivity contribution in [3.8, 4) is 11.8 Å². The number of benzene rings is 1. The number of halogens is 1. The van der Waals surface area contributed by atoms with Crippen molar-refractivity contribution in [1.29, 1.82) is 5.26 Å². The summed E-state index contributed by atoms with van der Waals surface area (Å²) in [6.07, 6.45) is 0.930. The number of rotatable bonds is 4. The van der Waals surface area contributed by atoms with Gasteiger partial charge in [0.05, 0.1) is 36.5 Å².